The zero-order valence-corrected chi connectivity index (χ0v) is 12.2. The van der Waals surface area contributed by atoms with Gasteiger partial charge in [0.25, 0.3) is 0 Å². The number of benzene rings is 1. The van der Waals surface area contributed by atoms with Gasteiger partial charge in [0.1, 0.15) is 0 Å². The van der Waals surface area contributed by atoms with Crippen molar-refractivity contribution in [2.75, 3.05) is 0 Å². The van der Waals surface area contributed by atoms with E-state index in [0.717, 1.165) is 4.47 Å². The van der Waals surface area contributed by atoms with E-state index in [1.54, 1.807) is 6.20 Å². The molecule has 18 heavy (non-hydrogen) atoms. The summed E-state index contributed by atoms with van der Waals surface area (Å²) in [5.41, 5.74) is 2.50. The van der Waals surface area contributed by atoms with Crippen LogP contribution in [-0.4, -0.2) is 4.98 Å². The van der Waals surface area contributed by atoms with Crippen LogP contribution in [0.4, 0.5) is 0 Å². The second-order valence-electron chi connectivity index (χ2n) is 4.45. The molecule has 0 saturated carbocycles. The third kappa shape index (κ3) is 3.40. The first kappa shape index (κ1) is 13.2. The maximum atomic E-state index is 4.15. The molecule has 0 spiro atoms. The van der Waals surface area contributed by atoms with Crippen LogP contribution < -0.4 is 5.32 Å². The van der Waals surface area contributed by atoms with E-state index in [1.165, 1.54) is 11.1 Å². The quantitative estimate of drug-likeness (QED) is 0.913. The lowest BCUT2D eigenvalue weighted by Gasteiger charge is -2.20. The maximum Gasteiger partial charge on any atom is 0.0315 e. The molecule has 2 aromatic rings. The van der Waals surface area contributed by atoms with E-state index in [0.29, 0.717) is 6.04 Å². The molecule has 0 amide bonds. The van der Waals surface area contributed by atoms with E-state index in [1.807, 2.05) is 12.3 Å². The summed E-state index contributed by atoms with van der Waals surface area (Å²) in [4.78, 5) is 4.15. The Morgan fingerprint density at radius 2 is 1.67 bits per heavy atom. The first-order chi connectivity index (χ1) is 8.66. The molecule has 0 aliphatic carbocycles. The minimum absolute atomic E-state index is 0.289. The zero-order chi connectivity index (χ0) is 13.0. The Balaban J connectivity index is 2.03. The molecule has 0 saturated heterocycles. The minimum atomic E-state index is 0.289. The molecule has 1 aromatic heterocycles. The molecule has 0 aliphatic heterocycles. The summed E-state index contributed by atoms with van der Waals surface area (Å²) in [6, 6.07) is 13.1. The van der Waals surface area contributed by atoms with Crippen molar-refractivity contribution in [3.8, 4) is 0 Å². The van der Waals surface area contributed by atoms with E-state index in [-0.39, 0.29) is 6.04 Å². The van der Waals surface area contributed by atoms with Crippen LogP contribution in [0.15, 0.2) is 53.3 Å². The highest BCUT2D eigenvalue weighted by atomic mass is 79.9. The lowest BCUT2D eigenvalue weighted by atomic mass is 10.1. The van der Waals surface area contributed by atoms with Gasteiger partial charge in [0.15, 0.2) is 0 Å². The zero-order valence-electron chi connectivity index (χ0n) is 10.6. The monoisotopic (exact) mass is 304 g/mol. The van der Waals surface area contributed by atoms with E-state index < -0.39 is 0 Å². The maximum absolute atomic E-state index is 4.15. The highest BCUT2D eigenvalue weighted by molar-refractivity contribution is 9.10. The summed E-state index contributed by atoms with van der Waals surface area (Å²) < 4.78 is 1.11. The van der Waals surface area contributed by atoms with E-state index in [9.17, 15) is 0 Å². The van der Waals surface area contributed by atoms with Crippen molar-refractivity contribution >= 4 is 15.9 Å². The molecule has 0 radical (unpaired) electrons. The molecule has 2 nitrogen and oxygen atoms in total. The van der Waals surface area contributed by atoms with Crippen LogP contribution in [0.1, 0.15) is 37.1 Å². The number of nitrogens with zero attached hydrogens (tertiary/aromatic N) is 1. The molecule has 0 bridgehead atoms. The molecule has 1 aromatic carbocycles. The van der Waals surface area contributed by atoms with E-state index in [2.05, 4.69) is 70.4 Å². The highest BCUT2D eigenvalue weighted by Gasteiger charge is 2.10. The number of hydrogen-bond acceptors (Lipinski definition) is 2. The van der Waals surface area contributed by atoms with Gasteiger partial charge in [0.05, 0.1) is 0 Å². The van der Waals surface area contributed by atoms with Gasteiger partial charge >= 0.3 is 0 Å². The molecular formula is C15H17BrN2. The Kier molecular flexibility index (Phi) is 4.50. The molecule has 0 aliphatic rings. The Morgan fingerprint density at radius 1 is 1.00 bits per heavy atom. The van der Waals surface area contributed by atoms with Crippen molar-refractivity contribution in [2.24, 2.45) is 0 Å². The van der Waals surface area contributed by atoms with E-state index in [4.69, 9.17) is 0 Å². The third-order valence-corrected chi connectivity index (χ3v) is 3.58. The summed E-state index contributed by atoms with van der Waals surface area (Å²) in [6.45, 7) is 4.34. The molecule has 2 atom stereocenters. The summed E-state index contributed by atoms with van der Waals surface area (Å²) in [7, 11) is 0. The Labute approximate surface area is 117 Å². The summed E-state index contributed by atoms with van der Waals surface area (Å²) in [6.07, 6.45) is 3.71. The average Bonchev–Trinajstić information content (AvgIpc) is 2.40. The van der Waals surface area contributed by atoms with E-state index >= 15 is 0 Å². The first-order valence-electron chi connectivity index (χ1n) is 6.08. The van der Waals surface area contributed by atoms with Gasteiger partial charge in [0.2, 0.25) is 0 Å². The first-order valence-corrected chi connectivity index (χ1v) is 6.87. The van der Waals surface area contributed by atoms with Crippen LogP contribution in [-0.2, 0) is 0 Å². The second-order valence-corrected chi connectivity index (χ2v) is 5.36. The van der Waals surface area contributed by atoms with Gasteiger partial charge in [-0.25, -0.2) is 0 Å². The molecule has 1 heterocycles. The van der Waals surface area contributed by atoms with Crippen molar-refractivity contribution in [3.63, 3.8) is 0 Å². The predicted molar refractivity (Wildman–Crippen MR) is 78.3 cm³/mol. The number of hydrogen-bond donors (Lipinski definition) is 1. The fourth-order valence-electron chi connectivity index (χ4n) is 1.95. The van der Waals surface area contributed by atoms with Crippen LogP contribution in [0.25, 0.3) is 0 Å². The molecule has 0 fully saturated rings. The number of rotatable bonds is 4. The Hall–Kier alpha value is -1.19. The smallest absolute Gasteiger partial charge is 0.0315 e. The van der Waals surface area contributed by atoms with Crippen LogP contribution >= 0.6 is 15.9 Å². The molecule has 1 unspecified atom stereocenters. The van der Waals surface area contributed by atoms with Gasteiger partial charge in [-0.3, -0.25) is 4.98 Å². The lowest BCUT2D eigenvalue weighted by Crippen LogP contribution is -2.22. The largest absolute Gasteiger partial charge is 0.304 e. The van der Waals surface area contributed by atoms with Gasteiger partial charge in [-0.1, -0.05) is 34.1 Å². The van der Waals surface area contributed by atoms with Crippen molar-refractivity contribution in [1.29, 1.82) is 0 Å². The van der Waals surface area contributed by atoms with Crippen molar-refractivity contribution < 1.29 is 0 Å². The van der Waals surface area contributed by atoms with Crippen LogP contribution in [0.5, 0.6) is 0 Å². The number of aromatic nitrogens is 1. The van der Waals surface area contributed by atoms with Gasteiger partial charge in [-0.2, -0.15) is 0 Å². The number of pyridine rings is 1. The van der Waals surface area contributed by atoms with Crippen molar-refractivity contribution in [2.45, 2.75) is 25.9 Å². The lowest BCUT2D eigenvalue weighted by molar-refractivity contribution is 0.493. The predicted octanol–water partition coefficient (Wildman–Crippen LogP) is 4.26. The van der Waals surface area contributed by atoms with Crippen molar-refractivity contribution in [3.05, 3.63) is 64.4 Å². The molecular weight excluding hydrogens is 288 g/mol. The van der Waals surface area contributed by atoms with Crippen LogP contribution in [0.2, 0.25) is 0 Å². The normalized spacial score (nSPS) is 14.2. The fourth-order valence-corrected chi connectivity index (χ4v) is 2.22. The number of halogens is 1. The molecule has 3 heteroatoms. The standard InChI is InChI=1S/C15H17BrN2/c1-11(13-5-7-15(16)8-6-13)18-12(2)14-4-3-9-17-10-14/h3-12,18H,1-2H3/t11-,12?/m1/s1. The fraction of sp³-hybridized carbons (Fsp3) is 0.267. The Bertz CT molecular complexity index is 482. The molecule has 2 rings (SSSR count). The van der Waals surface area contributed by atoms with Crippen LogP contribution in [0.3, 0.4) is 0 Å². The van der Waals surface area contributed by atoms with Gasteiger partial charge in [-0.05, 0) is 43.2 Å². The molecule has 94 valence electrons. The SMILES string of the molecule is CC(N[C@H](C)c1ccc(Br)cc1)c1cccnc1. The van der Waals surface area contributed by atoms with Crippen molar-refractivity contribution in [1.82, 2.24) is 10.3 Å². The average molecular weight is 305 g/mol. The Morgan fingerprint density at radius 3 is 2.28 bits per heavy atom. The van der Waals surface area contributed by atoms with Gasteiger partial charge in [0, 0.05) is 29.0 Å². The summed E-state index contributed by atoms with van der Waals surface area (Å²) >= 11 is 3.45. The third-order valence-electron chi connectivity index (χ3n) is 3.05. The summed E-state index contributed by atoms with van der Waals surface area (Å²) in [5.74, 6) is 0. The second kappa shape index (κ2) is 6.12. The van der Waals surface area contributed by atoms with Crippen LogP contribution in [0, 0.1) is 0 Å². The number of nitrogens with one attached hydrogen (secondary N) is 1. The topological polar surface area (TPSA) is 24.9 Å². The van der Waals surface area contributed by atoms with Gasteiger partial charge in [-0.15, -0.1) is 0 Å². The highest BCUT2D eigenvalue weighted by Crippen LogP contribution is 2.20. The minimum Gasteiger partial charge on any atom is -0.304 e. The van der Waals surface area contributed by atoms with Gasteiger partial charge < -0.3 is 5.32 Å². The summed E-state index contributed by atoms with van der Waals surface area (Å²) in [5, 5.41) is 3.58. The molecule has 1 N–H and O–H groups in total.